The molecule has 1 aromatic carbocycles. The average Bonchev–Trinajstić information content (AvgIpc) is 2.11. The number of aromatic hydroxyl groups is 1. The minimum atomic E-state index is -0.132. The third-order valence-corrected chi connectivity index (χ3v) is 3.81. The highest BCUT2D eigenvalue weighted by Gasteiger charge is 2.37. The van der Waals surface area contributed by atoms with E-state index in [1.54, 1.807) is 0 Å². The van der Waals surface area contributed by atoms with Crippen molar-refractivity contribution in [2.45, 2.75) is 45.6 Å². The molecule has 3 N–H and O–H groups in total. The maximum absolute atomic E-state index is 9.72. The highest BCUT2D eigenvalue weighted by atomic mass is 16.3. The van der Waals surface area contributed by atoms with Gasteiger partial charge >= 0.3 is 0 Å². The van der Waals surface area contributed by atoms with Crippen molar-refractivity contribution in [2.75, 3.05) is 0 Å². The van der Waals surface area contributed by atoms with Crippen molar-refractivity contribution >= 4 is 0 Å². The second kappa shape index (κ2) is 3.24. The number of phenols is 1. The van der Waals surface area contributed by atoms with Gasteiger partial charge in [-0.15, -0.1) is 0 Å². The summed E-state index contributed by atoms with van der Waals surface area (Å²) in [6.07, 6.45) is 3.35. The summed E-state index contributed by atoms with van der Waals surface area (Å²) in [4.78, 5) is 0. The van der Waals surface area contributed by atoms with E-state index in [1.165, 1.54) is 12.0 Å². The largest absolute Gasteiger partial charge is 0.508 e. The number of hydrogen-bond donors (Lipinski definition) is 2. The summed E-state index contributed by atoms with van der Waals surface area (Å²) in [6.45, 7) is 6.05. The van der Waals surface area contributed by atoms with E-state index in [2.05, 4.69) is 6.92 Å². The molecule has 2 heteroatoms. The zero-order valence-corrected chi connectivity index (χ0v) is 9.72. The standard InChI is InChI=1S/C13H19NO/c1-8-7-11(15)9(2)10(3)12(8)13(14)5-4-6-13/h7,15H,4-6,14H2,1-3H3. The van der Waals surface area contributed by atoms with Crippen LogP contribution < -0.4 is 5.73 Å². The Morgan fingerprint density at radius 2 is 1.80 bits per heavy atom. The van der Waals surface area contributed by atoms with Crippen molar-refractivity contribution in [1.29, 1.82) is 0 Å². The fourth-order valence-corrected chi connectivity index (χ4v) is 2.63. The zero-order valence-electron chi connectivity index (χ0n) is 9.72. The summed E-state index contributed by atoms with van der Waals surface area (Å²) >= 11 is 0. The SMILES string of the molecule is Cc1cc(O)c(C)c(C)c1C1(N)CCC1. The number of phenolic OH excluding ortho intramolecular Hbond substituents is 1. The first-order valence-corrected chi connectivity index (χ1v) is 5.55. The van der Waals surface area contributed by atoms with Gasteiger partial charge in [-0.2, -0.15) is 0 Å². The van der Waals surface area contributed by atoms with Gasteiger partial charge < -0.3 is 10.8 Å². The molecule has 1 aliphatic carbocycles. The van der Waals surface area contributed by atoms with Crippen LogP contribution in [0, 0.1) is 20.8 Å². The second-order valence-corrected chi connectivity index (χ2v) is 4.85. The van der Waals surface area contributed by atoms with Gasteiger partial charge in [0.2, 0.25) is 0 Å². The molecular formula is C13H19NO. The van der Waals surface area contributed by atoms with E-state index in [4.69, 9.17) is 5.73 Å². The van der Waals surface area contributed by atoms with E-state index < -0.39 is 0 Å². The van der Waals surface area contributed by atoms with Crippen molar-refractivity contribution in [3.8, 4) is 5.75 Å². The molecule has 0 atom stereocenters. The van der Waals surface area contributed by atoms with Gasteiger partial charge in [0.25, 0.3) is 0 Å². The van der Waals surface area contributed by atoms with Crippen LogP contribution >= 0.6 is 0 Å². The lowest BCUT2D eigenvalue weighted by atomic mass is 9.69. The molecule has 0 heterocycles. The van der Waals surface area contributed by atoms with Crippen LogP contribution in [0.1, 0.15) is 41.5 Å². The van der Waals surface area contributed by atoms with Crippen molar-refractivity contribution in [2.24, 2.45) is 5.73 Å². The number of hydrogen-bond acceptors (Lipinski definition) is 2. The second-order valence-electron chi connectivity index (χ2n) is 4.85. The lowest BCUT2D eigenvalue weighted by molar-refractivity contribution is 0.251. The van der Waals surface area contributed by atoms with Crippen LogP contribution in [-0.2, 0) is 5.54 Å². The van der Waals surface area contributed by atoms with E-state index in [-0.39, 0.29) is 5.54 Å². The number of benzene rings is 1. The van der Waals surface area contributed by atoms with Crippen LogP contribution in [0.4, 0.5) is 0 Å². The van der Waals surface area contributed by atoms with Crippen LogP contribution in [0.15, 0.2) is 6.07 Å². The summed E-state index contributed by atoms with van der Waals surface area (Å²) in [5, 5.41) is 9.72. The molecule has 1 aromatic rings. The molecule has 0 spiro atoms. The van der Waals surface area contributed by atoms with Crippen LogP contribution in [0.5, 0.6) is 5.75 Å². The van der Waals surface area contributed by atoms with Crippen LogP contribution in [-0.4, -0.2) is 5.11 Å². The van der Waals surface area contributed by atoms with Crippen LogP contribution in [0.25, 0.3) is 0 Å². The molecule has 15 heavy (non-hydrogen) atoms. The maximum atomic E-state index is 9.72. The molecule has 0 aliphatic heterocycles. The highest BCUT2D eigenvalue weighted by Crippen LogP contribution is 2.43. The van der Waals surface area contributed by atoms with E-state index in [0.717, 1.165) is 29.5 Å². The quantitative estimate of drug-likeness (QED) is 0.740. The topological polar surface area (TPSA) is 46.2 Å². The molecule has 1 saturated carbocycles. The van der Waals surface area contributed by atoms with Crippen molar-refractivity contribution in [3.05, 3.63) is 28.3 Å². The predicted molar refractivity (Wildman–Crippen MR) is 62.0 cm³/mol. The molecule has 82 valence electrons. The minimum absolute atomic E-state index is 0.132. The van der Waals surface area contributed by atoms with E-state index >= 15 is 0 Å². The van der Waals surface area contributed by atoms with Crippen molar-refractivity contribution in [1.82, 2.24) is 0 Å². The minimum Gasteiger partial charge on any atom is -0.508 e. The summed E-state index contributed by atoms with van der Waals surface area (Å²) in [5.41, 5.74) is 10.7. The number of rotatable bonds is 1. The Morgan fingerprint density at radius 3 is 2.27 bits per heavy atom. The van der Waals surface area contributed by atoms with Gasteiger partial charge in [0.15, 0.2) is 0 Å². The first-order chi connectivity index (χ1) is 6.96. The molecule has 0 saturated heterocycles. The molecule has 2 rings (SSSR count). The Balaban J connectivity index is 2.61. The van der Waals surface area contributed by atoms with E-state index in [1.807, 2.05) is 19.9 Å². The zero-order chi connectivity index (χ0) is 11.2. The lowest BCUT2D eigenvalue weighted by Crippen LogP contribution is -2.44. The Hall–Kier alpha value is -1.02. The summed E-state index contributed by atoms with van der Waals surface area (Å²) in [6, 6.07) is 1.84. The van der Waals surface area contributed by atoms with Gasteiger partial charge in [0.1, 0.15) is 5.75 Å². The van der Waals surface area contributed by atoms with Gasteiger partial charge in [0.05, 0.1) is 0 Å². The normalized spacial score (nSPS) is 18.7. The third kappa shape index (κ3) is 1.44. The summed E-state index contributed by atoms with van der Waals surface area (Å²) in [7, 11) is 0. The fraction of sp³-hybridized carbons (Fsp3) is 0.538. The molecular weight excluding hydrogens is 186 g/mol. The summed E-state index contributed by atoms with van der Waals surface area (Å²) in [5.74, 6) is 0.386. The van der Waals surface area contributed by atoms with Crippen LogP contribution in [0.2, 0.25) is 0 Å². The molecule has 0 bridgehead atoms. The monoisotopic (exact) mass is 205 g/mol. The van der Waals surface area contributed by atoms with Crippen LogP contribution in [0.3, 0.4) is 0 Å². The molecule has 1 fully saturated rings. The molecule has 0 unspecified atom stereocenters. The Bertz CT molecular complexity index is 405. The first-order valence-electron chi connectivity index (χ1n) is 5.55. The highest BCUT2D eigenvalue weighted by molar-refractivity contribution is 5.50. The van der Waals surface area contributed by atoms with Crippen molar-refractivity contribution < 1.29 is 5.11 Å². The van der Waals surface area contributed by atoms with E-state index in [0.29, 0.717) is 5.75 Å². The van der Waals surface area contributed by atoms with Gasteiger partial charge in [-0.1, -0.05) is 0 Å². The number of nitrogens with two attached hydrogens (primary N) is 1. The fourth-order valence-electron chi connectivity index (χ4n) is 2.63. The van der Waals surface area contributed by atoms with E-state index in [9.17, 15) is 5.11 Å². The van der Waals surface area contributed by atoms with Gasteiger partial charge in [-0.3, -0.25) is 0 Å². The summed E-state index contributed by atoms with van der Waals surface area (Å²) < 4.78 is 0. The molecule has 0 amide bonds. The maximum Gasteiger partial charge on any atom is 0.119 e. The van der Waals surface area contributed by atoms with Gasteiger partial charge in [-0.25, -0.2) is 0 Å². The average molecular weight is 205 g/mol. The van der Waals surface area contributed by atoms with Gasteiger partial charge in [-0.05, 0) is 68.4 Å². The third-order valence-electron chi connectivity index (χ3n) is 3.81. The Kier molecular flexibility index (Phi) is 2.27. The molecule has 0 radical (unpaired) electrons. The Morgan fingerprint density at radius 1 is 1.20 bits per heavy atom. The van der Waals surface area contributed by atoms with Crippen molar-refractivity contribution in [3.63, 3.8) is 0 Å². The molecule has 0 aromatic heterocycles. The first kappa shape index (κ1) is 10.5. The molecule has 1 aliphatic rings. The smallest absolute Gasteiger partial charge is 0.119 e. The molecule has 2 nitrogen and oxygen atoms in total. The lowest BCUT2D eigenvalue weighted by Gasteiger charge is -2.41. The predicted octanol–water partition coefficient (Wildman–Crippen LogP) is 2.66. The number of aryl methyl sites for hydroxylation is 1. The Labute approximate surface area is 91.1 Å². The van der Waals surface area contributed by atoms with Gasteiger partial charge in [0, 0.05) is 5.54 Å².